The van der Waals surface area contributed by atoms with Gasteiger partial charge in [0.1, 0.15) is 0 Å². The maximum atomic E-state index is 12.5. The zero-order valence-corrected chi connectivity index (χ0v) is 5.63. The van der Waals surface area contributed by atoms with Crippen LogP contribution in [-0.4, -0.2) is 5.11 Å². The van der Waals surface area contributed by atoms with Crippen molar-refractivity contribution >= 4 is 0 Å². The van der Waals surface area contributed by atoms with E-state index in [1.54, 1.807) is 25.5 Å². The third-order valence-electron chi connectivity index (χ3n) is 1.33. The second-order valence-corrected chi connectivity index (χ2v) is 1.97. The normalized spacial score (nSPS) is 9.80. The molecule has 0 aliphatic carbocycles. The number of para-hydroxylation sites is 1. The van der Waals surface area contributed by atoms with Crippen LogP contribution < -0.4 is 0 Å². The largest absolute Gasteiger partial charge is 0.505 e. The van der Waals surface area contributed by atoms with E-state index in [0.717, 1.165) is 0 Å². The Morgan fingerprint density at radius 3 is 2.70 bits per heavy atom. The van der Waals surface area contributed by atoms with Crippen LogP contribution in [0, 0.1) is 12.2 Å². The molecule has 2 heteroatoms. The Bertz CT molecular complexity index is 233. The zero-order chi connectivity index (χ0) is 7.56. The van der Waals surface area contributed by atoms with Gasteiger partial charge < -0.3 is 5.11 Å². The highest BCUT2D eigenvalue weighted by molar-refractivity contribution is 5.37. The van der Waals surface area contributed by atoms with Crippen molar-refractivity contribution in [3.63, 3.8) is 0 Å². The van der Waals surface area contributed by atoms with Gasteiger partial charge in [0.15, 0.2) is 11.6 Å². The van der Waals surface area contributed by atoms with Gasteiger partial charge in [-0.3, -0.25) is 0 Å². The van der Waals surface area contributed by atoms with Crippen molar-refractivity contribution in [2.75, 3.05) is 0 Å². The first-order valence-corrected chi connectivity index (χ1v) is 3.02. The van der Waals surface area contributed by atoms with Crippen LogP contribution in [-0.2, 0) is 0 Å². The van der Waals surface area contributed by atoms with Gasteiger partial charge in [-0.25, -0.2) is 4.39 Å². The molecule has 10 heavy (non-hydrogen) atoms. The first-order valence-electron chi connectivity index (χ1n) is 3.02. The van der Waals surface area contributed by atoms with Gasteiger partial charge in [0.2, 0.25) is 0 Å². The van der Waals surface area contributed by atoms with Crippen LogP contribution in [0.2, 0.25) is 0 Å². The quantitative estimate of drug-likeness (QED) is 0.631. The summed E-state index contributed by atoms with van der Waals surface area (Å²) in [5, 5.41) is 8.99. The van der Waals surface area contributed by atoms with E-state index in [9.17, 15) is 4.39 Å². The fourth-order valence-electron chi connectivity index (χ4n) is 0.765. The average Bonchev–Trinajstić information content (AvgIpc) is 1.95. The molecule has 0 fully saturated rings. The molecule has 0 atom stereocenters. The van der Waals surface area contributed by atoms with Crippen molar-refractivity contribution in [1.29, 1.82) is 0 Å². The molecule has 0 saturated carbocycles. The van der Waals surface area contributed by atoms with Crippen LogP contribution >= 0.6 is 0 Å². The average molecular weight is 139 g/mol. The summed E-state index contributed by atoms with van der Waals surface area (Å²) < 4.78 is 12.5. The smallest absolute Gasteiger partial charge is 0.165 e. The van der Waals surface area contributed by atoms with Crippen LogP contribution in [0.4, 0.5) is 4.39 Å². The first kappa shape index (κ1) is 7.06. The molecule has 0 spiro atoms. The molecule has 1 aromatic carbocycles. The van der Waals surface area contributed by atoms with Gasteiger partial charge in [0.25, 0.3) is 0 Å². The summed E-state index contributed by atoms with van der Waals surface area (Å²) in [6.07, 6.45) is 1.65. The molecule has 0 aliphatic heterocycles. The van der Waals surface area contributed by atoms with Crippen LogP contribution in [0.3, 0.4) is 0 Å². The molecule has 0 bridgehead atoms. The Hall–Kier alpha value is -1.05. The maximum Gasteiger partial charge on any atom is 0.165 e. The predicted molar refractivity (Wildman–Crippen MR) is 37.1 cm³/mol. The monoisotopic (exact) mass is 139 g/mol. The van der Waals surface area contributed by atoms with Gasteiger partial charge >= 0.3 is 0 Å². The lowest BCUT2D eigenvalue weighted by Crippen LogP contribution is -1.81. The molecule has 1 nitrogen and oxygen atoms in total. The summed E-state index contributed by atoms with van der Waals surface area (Å²) >= 11 is 0. The lowest BCUT2D eigenvalue weighted by Gasteiger charge is -1.99. The summed E-state index contributed by atoms with van der Waals surface area (Å²) in [7, 11) is 0. The van der Waals surface area contributed by atoms with Crippen LogP contribution in [0.1, 0.15) is 12.5 Å². The molecule has 1 radical (unpaired) electrons. The zero-order valence-electron chi connectivity index (χ0n) is 5.63. The summed E-state index contributed by atoms with van der Waals surface area (Å²) in [5.74, 6) is -0.847. The summed E-state index contributed by atoms with van der Waals surface area (Å²) in [6, 6.07) is 4.44. The summed E-state index contributed by atoms with van der Waals surface area (Å²) in [5.41, 5.74) is 0.528. The number of aromatic hydroxyl groups is 1. The van der Waals surface area contributed by atoms with Crippen LogP contribution in [0.5, 0.6) is 5.75 Å². The number of hydrogen-bond acceptors (Lipinski definition) is 1. The maximum absolute atomic E-state index is 12.5. The minimum atomic E-state index is -0.574. The van der Waals surface area contributed by atoms with E-state index >= 15 is 0 Å². The molecule has 0 saturated heterocycles. The Kier molecular flexibility index (Phi) is 1.90. The first-order chi connectivity index (χ1) is 4.75. The van der Waals surface area contributed by atoms with Crippen molar-refractivity contribution in [2.45, 2.75) is 6.92 Å². The van der Waals surface area contributed by atoms with Crippen molar-refractivity contribution in [2.24, 2.45) is 0 Å². The van der Waals surface area contributed by atoms with E-state index in [1.807, 2.05) is 0 Å². The number of phenolic OH excluding ortho intramolecular Hbond substituents is 1. The molecule has 53 valence electrons. The fourth-order valence-corrected chi connectivity index (χ4v) is 0.765. The highest BCUT2D eigenvalue weighted by atomic mass is 19.1. The minimum absolute atomic E-state index is 0.273. The second-order valence-electron chi connectivity index (χ2n) is 1.97. The number of benzene rings is 1. The molecule has 1 aromatic rings. The Morgan fingerprint density at radius 1 is 1.50 bits per heavy atom. The predicted octanol–water partition coefficient (Wildman–Crippen LogP) is 2.10. The van der Waals surface area contributed by atoms with Gasteiger partial charge in [-0.15, -0.1) is 0 Å². The molecule has 1 rings (SSSR count). The number of hydrogen-bond donors (Lipinski definition) is 1. The summed E-state index contributed by atoms with van der Waals surface area (Å²) in [4.78, 5) is 0. The number of phenols is 1. The van der Waals surface area contributed by atoms with Crippen molar-refractivity contribution in [1.82, 2.24) is 0 Å². The van der Waals surface area contributed by atoms with Crippen molar-refractivity contribution in [3.8, 4) is 5.75 Å². The second kappa shape index (κ2) is 2.69. The third kappa shape index (κ3) is 1.10. The molecular weight excluding hydrogens is 131 g/mol. The van der Waals surface area contributed by atoms with Crippen molar-refractivity contribution in [3.05, 3.63) is 36.0 Å². The van der Waals surface area contributed by atoms with Gasteiger partial charge in [-0.2, -0.15) is 0 Å². The Balaban J connectivity index is 3.14. The van der Waals surface area contributed by atoms with E-state index in [-0.39, 0.29) is 5.75 Å². The molecule has 0 aromatic heterocycles. The van der Waals surface area contributed by atoms with E-state index in [0.29, 0.717) is 5.56 Å². The van der Waals surface area contributed by atoms with Crippen LogP contribution in [0.25, 0.3) is 0 Å². The third-order valence-corrected chi connectivity index (χ3v) is 1.33. The highest BCUT2D eigenvalue weighted by Crippen LogP contribution is 2.21. The molecule has 1 N–H and O–H groups in total. The van der Waals surface area contributed by atoms with Gasteiger partial charge in [-0.05, 0) is 12.5 Å². The van der Waals surface area contributed by atoms with E-state index in [1.165, 1.54) is 6.07 Å². The highest BCUT2D eigenvalue weighted by Gasteiger charge is 2.02. The standard InChI is InChI=1S/C8H8FO/c1-2-6-4-3-5-7(9)8(6)10/h2-5,10H,1H3. The molecule has 0 unspecified atom stereocenters. The van der Waals surface area contributed by atoms with E-state index in [4.69, 9.17) is 5.11 Å². The van der Waals surface area contributed by atoms with Crippen LogP contribution in [0.15, 0.2) is 18.2 Å². The molecular formula is C8H8FO. The molecule has 0 heterocycles. The molecule has 0 aliphatic rings. The van der Waals surface area contributed by atoms with Gasteiger partial charge in [0.05, 0.1) is 0 Å². The Labute approximate surface area is 59.1 Å². The van der Waals surface area contributed by atoms with Crippen molar-refractivity contribution < 1.29 is 9.50 Å². The van der Waals surface area contributed by atoms with Gasteiger partial charge in [0, 0.05) is 5.56 Å². The van der Waals surface area contributed by atoms with Gasteiger partial charge in [-0.1, -0.05) is 19.1 Å². The minimum Gasteiger partial charge on any atom is -0.505 e. The lowest BCUT2D eigenvalue weighted by molar-refractivity contribution is 0.429. The SMILES string of the molecule is C[CH]c1cccc(F)c1O. The molecule has 0 amide bonds. The number of rotatable bonds is 1. The Morgan fingerprint density at radius 2 is 2.20 bits per heavy atom. The van der Waals surface area contributed by atoms with E-state index < -0.39 is 5.82 Å². The topological polar surface area (TPSA) is 20.2 Å². The van der Waals surface area contributed by atoms with E-state index in [2.05, 4.69) is 0 Å². The number of halogens is 1. The summed E-state index contributed by atoms with van der Waals surface area (Å²) in [6.45, 7) is 1.74. The fraction of sp³-hybridized carbons (Fsp3) is 0.125. The lowest BCUT2D eigenvalue weighted by atomic mass is 10.1.